The number of hydrogen-bond donors (Lipinski definition) is 2. The fourth-order valence-corrected chi connectivity index (χ4v) is 2.73. The van der Waals surface area contributed by atoms with E-state index >= 15 is 0 Å². The van der Waals surface area contributed by atoms with E-state index < -0.39 is 0 Å². The predicted octanol–water partition coefficient (Wildman–Crippen LogP) is 1.66. The van der Waals surface area contributed by atoms with Crippen molar-refractivity contribution < 1.29 is 19.4 Å². The number of nitrogens with one attached hydrogen (secondary N) is 1. The van der Waals surface area contributed by atoms with Gasteiger partial charge in [-0.05, 0) is 37.5 Å². The van der Waals surface area contributed by atoms with Crippen LogP contribution in [0.15, 0.2) is 18.2 Å². The molecule has 5 heteroatoms. The van der Waals surface area contributed by atoms with E-state index in [1.54, 1.807) is 13.2 Å². The Labute approximate surface area is 125 Å². The molecule has 0 saturated heterocycles. The summed E-state index contributed by atoms with van der Waals surface area (Å²) in [6.45, 7) is 2.04. The number of ether oxygens (including phenoxy) is 2. The van der Waals surface area contributed by atoms with Crippen LogP contribution in [-0.4, -0.2) is 37.4 Å². The predicted molar refractivity (Wildman–Crippen MR) is 79.6 cm³/mol. The van der Waals surface area contributed by atoms with Crippen molar-refractivity contribution in [1.82, 2.24) is 5.32 Å². The van der Waals surface area contributed by atoms with Crippen LogP contribution < -0.4 is 14.8 Å². The van der Waals surface area contributed by atoms with Gasteiger partial charge in [0.25, 0.3) is 5.91 Å². The third kappa shape index (κ3) is 4.11. The van der Waals surface area contributed by atoms with Crippen molar-refractivity contribution in [1.29, 1.82) is 0 Å². The van der Waals surface area contributed by atoms with Crippen LogP contribution in [0, 0.1) is 12.8 Å². The van der Waals surface area contributed by atoms with Crippen molar-refractivity contribution in [2.24, 2.45) is 5.92 Å². The number of aryl methyl sites for hydroxylation is 1. The summed E-state index contributed by atoms with van der Waals surface area (Å²) in [5.74, 6) is 1.19. The molecule has 5 nitrogen and oxygen atoms in total. The Balaban J connectivity index is 1.86. The first-order valence-electron chi connectivity index (χ1n) is 7.31. The lowest BCUT2D eigenvalue weighted by Crippen LogP contribution is -2.41. The second-order valence-electron chi connectivity index (χ2n) is 5.49. The van der Waals surface area contributed by atoms with E-state index in [2.05, 4.69) is 5.32 Å². The van der Waals surface area contributed by atoms with Gasteiger partial charge in [-0.2, -0.15) is 0 Å². The topological polar surface area (TPSA) is 67.8 Å². The molecule has 2 unspecified atom stereocenters. The standard InChI is InChI=1S/C16H23NO4/c1-11-6-7-14(15(8-11)20-2)21-10-16(19)17-13-5-3-4-12(13)9-18/h6-8,12-13,18H,3-5,9-10H2,1-2H3,(H,17,19). The van der Waals surface area contributed by atoms with Crippen LogP contribution in [0.1, 0.15) is 24.8 Å². The van der Waals surface area contributed by atoms with E-state index in [0.717, 1.165) is 24.8 Å². The number of methoxy groups -OCH3 is 1. The summed E-state index contributed by atoms with van der Waals surface area (Å²) in [7, 11) is 1.58. The highest BCUT2D eigenvalue weighted by Crippen LogP contribution is 2.28. The Hall–Kier alpha value is -1.75. The van der Waals surface area contributed by atoms with Crippen LogP contribution in [0.4, 0.5) is 0 Å². The van der Waals surface area contributed by atoms with Crippen LogP contribution in [0.25, 0.3) is 0 Å². The van der Waals surface area contributed by atoms with E-state index in [9.17, 15) is 9.90 Å². The maximum atomic E-state index is 11.9. The molecule has 1 amide bonds. The van der Waals surface area contributed by atoms with Gasteiger partial charge in [0.15, 0.2) is 18.1 Å². The van der Waals surface area contributed by atoms with Crippen molar-refractivity contribution in [2.45, 2.75) is 32.2 Å². The molecule has 1 aromatic rings. The fourth-order valence-electron chi connectivity index (χ4n) is 2.73. The Bertz CT molecular complexity index is 489. The van der Waals surface area contributed by atoms with Gasteiger partial charge in [0.1, 0.15) is 0 Å². The molecular formula is C16H23NO4. The minimum Gasteiger partial charge on any atom is -0.493 e. The fraction of sp³-hybridized carbons (Fsp3) is 0.562. The number of aliphatic hydroxyl groups excluding tert-OH is 1. The summed E-state index contributed by atoms with van der Waals surface area (Å²) in [5.41, 5.74) is 1.07. The molecule has 0 spiro atoms. The first kappa shape index (κ1) is 15.6. The van der Waals surface area contributed by atoms with E-state index in [-0.39, 0.29) is 31.1 Å². The summed E-state index contributed by atoms with van der Waals surface area (Å²) in [6, 6.07) is 5.64. The molecule has 1 saturated carbocycles. The van der Waals surface area contributed by atoms with Gasteiger partial charge in [0.2, 0.25) is 0 Å². The summed E-state index contributed by atoms with van der Waals surface area (Å²) in [4.78, 5) is 11.9. The highest BCUT2D eigenvalue weighted by molar-refractivity contribution is 5.78. The number of aliphatic hydroxyl groups is 1. The summed E-state index contributed by atoms with van der Waals surface area (Å²) < 4.78 is 10.8. The zero-order valence-corrected chi connectivity index (χ0v) is 12.6. The molecule has 0 aliphatic heterocycles. The van der Waals surface area contributed by atoms with Crippen molar-refractivity contribution >= 4 is 5.91 Å². The molecule has 2 rings (SSSR count). The van der Waals surface area contributed by atoms with Gasteiger partial charge in [-0.25, -0.2) is 0 Å². The lowest BCUT2D eigenvalue weighted by Gasteiger charge is -2.19. The molecule has 0 heterocycles. The number of amides is 1. The minimum atomic E-state index is -0.164. The molecule has 1 aliphatic carbocycles. The lowest BCUT2D eigenvalue weighted by atomic mass is 10.1. The molecule has 2 N–H and O–H groups in total. The molecule has 116 valence electrons. The van der Waals surface area contributed by atoms with Gasteiger partial charge in [-0.15, -0.1) is 0 Å². The summed E-state index contributed by atoms with van der Waals surface area (Å²) in [5, 5.41) is 12.2. The van der Waals surface area contributed by atoms with E-state index in [4.69, 9.17) is 9.47 Å². The van der Waals surface area contributed by atoms with Gasteiger partial charge < -0.3 is 19.9 Å². The van der Waals surface area contributed by atoms with E-state index in [1.165, 1.54) is 0 Å². The molecule has 1 aliphatic rings. The van der Waals surface area contributed by atoms with Crippen LogP contribution in [0.5, 0.6) is 11.5 Å². The monoisotopic (exact) mass is 293 g/mol. The molecule has 2 atom stereocenters. The summed E-state index contributed by atoms with van der Waals surface area (Å²) in [6.07, 6.45) is 2.93. The first-order chi connectivity index (χ1) is 10.1. The smallest absolute Gasteiger partial charge is 0.258 e. The van der Waals surface area contributed by atoms with Crippen molar-refractivity contribution in [3.05, 3.63) is 23.8 Å². The Morgan fingerprint density at radius 1 is 1.38 bits per heavy atom. The number of hydrogen-bond acceptors (Lipinski definition) is 4. The number of rotatable bonds is 6. The van der Waals surface area contributed by atoms with Crippen molar-refractivity contribution in [3.8, 4) is 11.5 Å². The lowest BCUT2D eigenvalue weighted by molar-refractivity contribution is -0.124. The van der Waals surface area contributed by atoms with Crippen LogP contribution >= 0.6 is 0 Å². The second-order valence-corrected chi connectivity index (χ2v) is 5.49. The maximum Gasteiger partial charge on any atom is 0.258 e. The Morgan fingerprint density at radius 3 is 2.90 bits per heavy atom. The van der Waals surface area contributed by atoms with Gasteiger partial charge in [0.05, 0.1) is 7.11 Å². The molecule has 0 radical (unpaired) electrons. The highest BCUT2D eigenvalue weighted by atomic mass is 16.5. The largest absolute Gasteiger partial charge is 0.493 e. The van der Waals surface area contributed by atoms with Crippen molar-refractivity contribution in [3.63, 3.8) is 0 Å². The number of carbonyl (C=O) groups excluding carboxylic acids is 1. The molecular weight excluding hydrogens is 270 g/mol. The third-order valence-electron chi connectivity index (χ3n) is 3.92. The normalized spacial score (nSPS) is 21.1. The molecule has 1 aromatic carbocycles. The second kappa shape index (κ2) is 7.31. The quantitative estimate of drug-likeness (QED) is 0.837. The van der Waals surface area contributed by atoms with Gasteiger partial charge in [0, 0.05) is 18.6 Å². The van der Waals surface area contributed by atoms with Crippen molar-refractivity contribution in [2.75, 3.05) is 20.3 Å². The zero-order valence-electron chi connectivity index (χ0n) is 12.6. The van der Waals surface area contributed by atoms with Crippen LogP contribution in [0.2, 0.25) is 0 Å². The van der Waals surface area contributed by atoms with E-state index in [0.29, 0.717) is 11.5 Å². The molecule has 1 fully saturated rings. The SMILES string of the molecule is COc1cc(C)ccc1OCC(=O)NC1CCCC1CO. The number of benzene rings is 1. The maximum absolute atomic E-state index is 11.9. The Kier molecular flexibility index (Phi) is 5.44. The molecule has 0 bridgehead atoms. The highest BCUT2D eigenvalue weighted by Gasteiger charge is 2.27. The zero-order chi connectivity index (χ0) is 15.2. The van der Waals surface area contributed by atoms with Gasteiger partial charge in [-0.1, -0.05) is 12.5 Å². The van der Waals surface area contributed by atoms with Crippen LogP contribution in [0.3, 0.4) is 0 Å². The van der Waals surface area contributed by atoms with Gasteiger partial charge in [-0.3, -0.25) is 4.79 Å². The van der Waals surface area contributed by atoms with Crippen LogP contribution in [-0.2, 0) is 4.79 Å². The summed E-state index contributed by atoms with van der Waals surface area (Å²) >= 11 is 0. The Morgan fingerprint density at radius 2 is 2.19 bits per heavy atom. The minimum absolute atomic E-state index is 0.0476. The third-order valence-corrected chi connectivity index (χ3v) is 3.92. The average molecular weight is 293 g/mol. The molecule has 0 aromatic heterocycles. The average Bonchev–Trinajstić information content (AvgIpc) is 2.92. The van der Waals surface area contributed by atoms with Gasteiger partial charge >= 0.3 is 0 Å². The molecule has 21 heavy (non-hydrogen) atoms. The van der Waals surface area contributed by atoms with E-state index in [1.807, 2.05) is 19.1 Å². The number of carbonyl (C=O) groups is 1. The first-order valence-corrected chi connectivity index (χ1v) is 7.31.